The summed E-state index contributed by atoms with van der Waals surface area (Å²) in [7, 11) is 0. The first-order valence-corrected chi connectivity index (χ1v) is 3.77. The van der Waals surface area contributed by atoms with E-state index < -0.39 is 0 Å². The molecule has 8 heavy (non-hydrogen) atoms. The molecule has 1 nitrogen and oxygen atoms in total. The predicted molar refractivity (Wildman–Crippen MR) is 36.1 cm³/mol. The lowest BCUT2D eigenvalue weighted by Gasteiger charge is -2.12. The van der Waals surface area contributed by atoms with Crippen LogP contribution in [0.1, 0.15) is 6.92 Å². The van der Waals surface area contributed by atoms with Crippen LogP contribution in [0.15, 0.2) is 0 Å². The summed E-state index contributed by atoms with van der Waals surface area (Å²) in [6.07, 6.45) is 0. The van der Waals surface area contributed by atoms with Crippen molar-refractivity contribution in [2.75, 3.05) is 32.1 Å². The summed E-state index contributed by atoms with van der Waals surface area (Å²) in [5.74, 6) is 0.827. The van der Waals surface area contributed by atoms with Crippen LogP contribution in [-0.2, 0) is 0 Å². The van der Waals surface area contributed by atoms with E-state index in [0.29, 0.717) is 0 Å². The second kappa shape index (κ2) is 2.24. The predicted octanol–water partition coefficient (Wildman–Crippen LogP) is 1.08. The minimum Gasteiger partial charge on any atom is -0.314 e. The summed E-state index contributed by atoms with van der Waals surface area (Å²) in [6, 6.07) is 0. The molecular formula is C6H13ClN+. The van der Waals surface area contributed by atoms with Gasteiger partial charge in [0.25, 0.3) is 0 Å². The Morgan fingerprint density at radius 1 is 1.50 bits per heavy atom. The number of hydrogen-bond donors (Lipinski definition) is 0. The van der Waals surface area contributed by atoms with Crippen molar-refractivity contribution >= 4 is 11.6 Å². The molecule has 1 heterocycles. The summed E-state index contributed by atoms with van der Waals surface area (Å²) >= 11 is 5.59. The van der Waals surface area contributed by atoms with E-state index >= 15 is 0 Å². The SMILES string of the molecule is CC[N+]1(CCCl)CC1. The van der Waals surface area contributed by atoms with Gasteiger partial charge in [-0.05, 0) is 6.92 Å². The Morgan fingerprint density at radius 3 is 2.25 bits per heavy atom. The lowest BCUT2D eigenvalue weighted by atomic mass is 10.6. The highest BCUT2D eigenvalue weighted by Gasteiger charge is 2.38. The van der Waals surface area contributed by atoms with Gasteiger partial charge in [0.2, 0.25) is 0 Å². The molecule has 0 N–H and O–H groups in total. The number of rotatable bonds is 3. The zero-order valence-corrected chi connectivity index (χ0v) is 6.12. The summed E-state index contributed by atoms with van der Waals surface area (Å²) in [5, 5.41) is 0. The minimum absolute atomic E-state index is 0.827. The van der Waals surface area contributed by atoms with Gasteiger partial charge in [-0.15, -0.1) is 11.6 Å². The van der Waals surface area contributed by atoms with E-state index in [1.807, 2.05) is 0 Å². The zero-order chi connectivity index (χ0) is 6.04. The molecule has 0 bridgehead atoms. The minimum atomic E-state index is 0.827. The molecule has 0 atom stereocenters. The van der Waals surface area contributed by atoms with Crippen LogP contribution >= 0.6 is 11.6 Å². The van der Waals surface area contributed by atoms with Gasteiger partial charge in [0.15, 0.2) is 0 Å². The molecule has 0 aromatic rings. The number of likely N-dealkylation sites (N-methyl/N-ethyl adjacent to an activating group) is 1. The van der Waals surface area contributed by atoms with Crippen LogP contribution < -0.4 is 0 Å². The van der Waals surface area contributed by atoms with Gasteiger partial charge in [-0.25, -0.2) is 0 Å². The van der Waals surface area contributed by atoms with Crippen molar-refractivity contribution in [1.29, 1.82) is 0 Å². The first kappa shape index (κ1) is 6.37. The molecule has 1 aliphatic rings. The van der Waals surface area contributed by atoms with Crippen LogP contribution in [0.25, 0.3) is 0 Å². The van der Waals surface area contributed by atoms with Crippen LogP contribution in [0.3, 0.4) is 0 Å². The molecule has 48 valence electrons. The monoisotopic (exact) mass is 134 g/mol. The normalized spacial score (nSPS) is 23.2. The molecule has 0 radical (unpaired) electrons. The third kappa shape index (κ3) is 1.15. The molecule has 0 saturated carbocycles. The van der Waals surface area contributed by atoms with Crippen LogP contribution in [0, 0.1) is 0 Å². The number of hydrogen-bond acceptors (Lipinski definition) is 0. The molecule has 1 saturated heterocycles. The van der Waals surface area contributed by atoms with Crippen molar-refractivity contribution in [2.45, 2.75) is 6.92 Å². The molecule has 0 spiro atoms. The average molecular weight is 135 g/mol. The van der Waals surface area contributed by atoms with Gasteiger partial charge >= 0.3 is 0 Å². The highest BCUT2D eigenvalue weighted by Crippen LogP contribution is 2.19. The van der Waals surface area contributed by atoms with Gasteiger partial charge in [-0.2, -0.15) is 0 Å². The number of quaternary nitrogens is 1. The van der Waals surface area contributed by atoms with E-state index in [2.05, 4.69) is 6.92 Å². The van der Waals surface area contributed by atoms with E-state index in [-0.39, 0.29) is 0 Å². The molecule has 0 amide bonds. The van der Waals surface area contributed by atoms with Crippen molar-refractivity contribution in [3.8, 4) is 0 Å². The quantitative estimate of drug-likeness (QED) is 0.308. The maximum atomic E-state index is 5.59. The molecule has 1 rings (SSSR count). The second-order valence-electron chi connectivity index (χ2n) is 2.52. The largest absolute Gasteiger partial charge is 0.314 e. The average Bonchev–Trinajstić information content (AvgIpc) is 2.50. The van der Waals surface area contributed by atoms with Crippen LogP contribution in [0.2, 0.25) is 0 Å². The fourth-order valence-corrected chi connectivity index (χ4v) is 1.38. The van der Waals surface area contributed by atoms with Crippen LogP contribution in [-0.4, -0.2) is 36.5 Å². The lowest BCUT2D eigenvalue weighted by molar-refractivity contribution is -0.794. The Balaban J connectivity index is 2.20. The summed E-state index contributed by atoms with van der Waals surface area (Å²) < 4.78 is 1.28. The Hall–Kier alpha value is 0.250. The maximum Gasteiger partial charge on any atom is 0.129 e. The molecule has 1 fully saturated rings. The second-order valence-corrected chi connectivity index (χ2v) is 2.90. The number of alkyl halides is 1. The Bertz CT molecular complexity index is 78.6. The van der Waals surface area contributed by atoms with Crippen molar-refractivity contribution in [1.82, 2.24) is 0 Å². The van der Waals surface area contributed by atoms with Crippen LogP contribution in [0.5, 0.6) is 0 Å². The summed E-state index contributed by atoms with van der Waals surface area (Å²) in [6.45, 7) is 7.41. The highest BCUT2D eigenvalue weighted by molar-refractivity contribution is 6.17. The maximum absolute atomic E-state index is 5.59. The first-order chi connectivity index (χ1) is 3.83. The van der Waals surface area contributed by atoms with Gasteiger partial charge in [0.05, 0.1) is 19.0 Å². The smallest absolute Gasteiger partial charge is 0.129 e. The number of nitrogens with zero attached hydrogens (tertiary/aromatic N) is 1. The highest BCUT2D eigenvalue weighted by atomic mass is 35.5. The lowest BCUT2D eigenvalue weighted by Crippen LogP contribution is -2.27. The van der Waals surface area contributed by atoms with Crippen LogP contribution in [0.4, 0.5) is 0 Å². The topological polar surface area (TPSA) is 0 Å². The zero-order valence-electron chi connectivity index (χ0n) is 5.36. The Labute approximate surface area is 55.8 Å². The van der Waals surface area contributed by atoms with Gasteiger partial charge in [-0.1, -0.05) is 0 Å². The molecule has 0 unspecified atom stereocenters. The van der Waals surface area contributed by atoms with Gasteiger partial charge in [0.1, 0.15) is 13.1 Å². The van der Waals surface area contributed by atoms with Gasteiger partial charge in [-0.3, -0.25) is 0 Å². The van der Waals surface area contributed by atoms with E-state index in [0.717, 1.165) is 5.88 Å². The van der Waals surface area contributed by atoms with E-state index in [1.54, 1.807) is 0 Å². The number of halogens is 1. The Kier molecular flexibility index (Phi) is 1.78. The van der Waals surface area contributed by atoms with E-state index in [9.17, 15) is 0 Å². The fraction of sp³-hybridized carbons (Fsp3) is 1.00. The fourth-order valence-electron chi connectivity index (χ4n) is 1.02. The standard InChI is InChI=1S/C6H13ClN/c1-2-8(4-3-7)5-6-8/h2-6H2,1H3/q+1. The third-order valence-electron chi connectivity index (χ3n) is 2.09. The molecular weight excluding hydrogens is 122 g/mol. The molecule has 1 aliphatic heterocycles. The van der Waals surface area contributed by atoms with E-state index in [4.69, 9.17) is 11.6 Å². The van der Waals surface area contributed by atoms with Crippen molar-refractivity contribution in [3.63, 3.8) is 0 Å². The summed E-state index contributed by atoms with van der Waals surface area (Å²) in [4.78, 5) is 0. The Morgan fingerprint density at radius 2 is 2.12 bits per heavy atom. The van der Waals surface area contributed by atoms with E-state index in [1.165, 1.54) is 30.7 Å². The molecule has 0 aliphatic carbocycles. The molecule has 0 aromatic carbocycles. The summed E-state index contributed by atoms with van der Waals surface area (Å²) in [5.41, 5.74) is 0. The first-order valence-electron chi connectivity index (χ1n) is 3.24. The third-order valence-corrected chi connectivity index (χ3v) is 2.25. The van der Waals surface area contributed by atoms with Gasteiger partial charge < -0.3 is 4.48 Å². The van der Waals surface area contributed by atoms with Crippen molar-refractivity contribution < 1.29 is 4.48 Å². The molecule has 0 aromatic heterocycles. The van der Waals surface area contributed by atoms with Gasteiger partial charge in [0, 0.05) is 0 Å². The van der Waals surface area contributed by atoms with Crippen molar-refractivity contribution in [3.05, 3.63) is 0 Å². The molecule has 2 heteroatoms. The van der Waals surface area contributed by atoms with Crippen molar-refractivity contribution in [2.24, 2.45) is 0 Å².